The molecule has 0 heterocycles. The fourth-order valence-electron chi connectivity index (χ4n) is 1.70. The van der Waals surface area contributed by atoms with Gasteiger partial charge in [-0.2, -0.15) is 0 Å². The van der Waals surface area contributed by atoms with Crippen LogP contribution in [0.1, 0.15) is 50.7 Å². The van der Waals surface area contributed by atoms with Gasteiger partial charge in [-0.25, -0.2) is 0 Å². The van der Waals surface area contributed by atoms with Gasteiger partial charge < -0.3 is 14.5 Å². The summed E-state index contributed by atoms with van der Waals surface area (Å²) in [5, 5.41) is 1.13. The van der Waals surface area contributed by atoms with Gasteiger partial charge in [0.05, 0.1) is 0 Å². The van der Waals surface area contributed by atoms with Crippen LogP contribution in [0.25, 0.3) is 0 Å². The van der Waals surface area contributed by atoms with Gasteiger partial charge in [0.1, 0.15) is 0 Å². The minimum absolute atomic E-state index is 0. The van der Waals surface area contributed by atoms with E-state index in [-0.39, 0.29) is 59.1 Å². The molecule has 0 N–H and O–H groups in total. The van der Waals surface area contributed by atoms with E-state index in [2.05, 4.69) is 55.1 Å². The number of rotatable bonds is 2. The smallest absolute Gasteiger partial charge is 1.00 e. The van der Waals surface area contributed by atoms with Gasteiger partial charge in [-0.3, -0.25) is 0 Å². The molecule has 0 aliphatic carbocycles. The van der Waals surface area contributed by atoms with Crippen molar-refractivity contribution in [3.05, 3.63) is 29.3 Å². The summed E-state index contributed by atoms with van der Waals surface area (Å²) in [6, 6.07) is 6.37. The second-order valence-corrected chi connectivity index (χ2v) is 4.57. The summed E-state index contributed by atoms with van der Waals surface area (Å²) in [4.78, 5) is 0. The first kappa shape index (κ1) is 19.0. The second kappa shape index (κ2) is 8.70. The molecule has 0 nitrogen and oxygen atoms in total. The summed E-state index contributed by atoms with van der Waals surface area (Å²) in [5.41, 5.74) is 2.84. The Morgan fingerprint density at radius 2 is 1.47 bits per heavy atom. The second-order valence-electron chi connectivity index (χ2n) is 4.09. The molecule has 72 valence electrons. The maximum Gasteiger partial charge on any atom is 1.00 e. The van der Waals surface area contributed by atoms with E-state index < -0.39 is 0 Å². The van der Waals surface area contributed by atoms with Crippen LogP contribution in [0.3, 0.4) is 0 Å². The molecule has 0 saturated carbocycles. The van der Waals surface area contributed by atoms with Gasteiger partial charge in [-0.1, -0.05) is 45.4 Å². The third-order valence-corrected chi connectivity index (χ3v) is 2.71. The molecule has 0 saturated heterocycles. The summed E-state index contributed by atoms with van der Waals surface area (Å²) in [7, 11) is 4.50. The van der Waals surface area contributed by atoms with E-state index in [4.69, 9.17) is 0 Å². The summed E-state index contributed by atoms with van der Waals surface area (Å²) in [6.45, 7) is 8.91. The summed E-state index contributed by atoms with van der Waals surface area (Å²) < 4.78 is 0. The van der Waals surface area contributed by atoms with Crippen molar-refractivity contribution in [3.8, 4) is 0 Å². The van der Waals surface area contributed by atoms with E-state index in [1.807, 2.05) is 0 Å². The molecule has 0 aromatic heterocycles. The number of hydrogen-bond acceptors (Lipinski definition) is 0. The minimum Gasteiger partial charge on any atom is -1.45 e. The number of hydrogen-bond donors (Lipinski definition) is 0. The quantitative estimate of drug-likeness (QED) is 0.412. The zero-order valence-corrected chi connectivity index (χ0v) is 15.7. The average Bonchev–Trinajstić information content (AvgIpc) is 2.02. The van der Waals surface area contributed by atoms with E-state index in [9.17, 15) is 0 Å². The average molecular weight is 238 g/mol. The Hall–Kier alpha value is 1.65. The van der Waals surface area contributed by atoms with E-state index in [0.717, 1.165) is 5.30 Å². The molecule has 0 atom stereocenters. The summed E-state index contributed by atoms with van der Waals surface area (Å²) >= 11 is 0. The standard InChI is InChI=1S/C12H17P.2Na/c1-8(2)10-6-5-7-11(13)12(10)9(3)4;;/h5-9H,1-4H3;;/q-2;2*+1. The van der Waals surface area contributed by atoms with Gasteiger partial charge in [-0.15, -0.1) is 6.07 Å². The molecule has 0 spiro atoms. The van der Waals surface area contributed by atoms with Gasteiger partial charge >= 0.3 is 59.1 Å². The van der Waals surface area contributed by atoms with Crippen molar-refractivity contribution in [2.45, 2.75) is 39.5 Å². The van der Waals surface area contributed by atoms with Crippen molar-refractivity contribution in [2.24, 2.45) is 0 Å². The molecule has 1 rings (SSSR count). The molecule has 0 radical (unpaired) electrons. The molecule has 1 aromatic carbocycles. The Balaban J connectivity index is 0. The predicted octanol–water partition coefficient (Wildman–Crippen LogP) is -2.02. The third kappa shape index (κ3) is 5.21. The van der Waals surface area contributed by atoms with Crippen molar-refractivity contribution in [1.29, 1.82) is 0 Å². The minimum atomic E-state index is 0. The van der Waals surface area contributed by atoms with Gasteiger partial charge in [0.2, 0.25) is 0 Å². The van der Waals surface area contributed by atoms with Crippen LogP contribution < -0.4 is 64.4 Å². The molecule has 0 aliphatic rings. The molecular formula is C12H17Na2P. The fraction of sp³-hybridized carbons (Fsp3) is 0.500. The zero-order chi connectivity index (χ0) is 10.0. The van der Waals surface area contributed by atoms with Gasteiger partial charge in [0.15, 0.2) is 0 Å². The molecular weight excluding hydrogens is 221 g/mol. The van der Waals surface area contributed by atoms with Gasteiger partial charge in [-0.05, 0) is 17.4 Å². The largest absolute Gasteiger partial charge is 1.45 e. The van der Waals surface area contributed by atoms with Crippen LogP contribution >= 0.6 is 9.24 Å². The molecule has 0 aliphatic heterocycles. The van der Waals surface area contributed by atoms with Crippen LogP contribution in [0.5, 0.6) is 0 Å². The first-order valence-electron chi connectivity index (χ1n) is 4.85. The van der Waals surface area contributed by atoms with E-state index in [1.165, 1.54) is 11.1 Å². The maximum atomic E-state index is 4.50. The molecule has 15 heavy (non-hydrogen) atoms. The summed E-state index contributed by atoms with van der Waals surface area (Å²) in [6.07, 6.45) is 0. The van der Waals surface area contributed by atoms with Crippen LogP contribution in [0.15, 0.2) is 18.2 Å². The van der Waals surface area contributed by atoms with Crippen molar-refractivity contribution in [3.63, 3.8) is 0 Å². The predicted molar refractivity (Wildman–Crippen MR) is 61.2 cm³/mol. The van der Waals surface area contributed by atoms with Crippen LogP contribution in [0.4, 0.5) is 0 Å². The topological polar surface area (TPSA) is 0 Å². The molecule has 3 heteroatoms. The maximum absolute atomic E-state index is 4.50. The Labute approximate surface area is 141 Å². The Morgan fingerprint density at radius 3 is 1.80 bits per heavy atom. The normalized spacial score (nSPS) is 9.80. The SMILES string of the molecule is CC(C)c1cccc([P-2])c1C(C)C.[Na+].[Na+]. The zero-order valence-electron chi connectivity index (χ0n) is 10.8. The molecule has 0 amide bonds. The molecule has 0 fully saturated rings. The fourth-order valence-corrected chi connectivity index (χ4v) is 2.18. The Bertz CT molecular complexity index is 296. The first-order valence-corrected chi connectivity index (χ1v) is 5.30. The molecule has 0 bridgehead atoms. The van der Waals surface area contributed by atoms with Crippen molar-refractivity contribution < 1.29 is 59.1 Å². The summed E-state index contributed by atoms with van der Waals surface area (Å²) in [5.74, 6) is 1.15. The van der Waals surface area contributed by atoms with E-state index in [0.29, 0.717) is 11.8 Å². The number of benzene rings is 1. The van der Waals surface area contributed by atoms with Gasteiger partial charge in [0.25, 0.3) is 0 Å². The van der Waals surface area contributed by atoms with Crippen LogP contribution in [0, 0.1) is 0 Å². The Morgan fingerprint density at radius 1 is 0.933 bits per heavy atom. The molecule has 0 unspecified atom stereocenters. The van der Waals surface area contributed by atoms with Gasteiger partial charge in [0, 0.05) is 0 Å². The van der Waals surface area contributed by atoms with Crippen molar-refractivity contribution in [2.75, 3.05) is 0 Å². The van der Waals surface area contributed by atoms with Crippen molar-refractivity contribution in [1.82, 2.24) is 0 Å². The van der Waals surface area contributed by atoms with E-state index >= 15 is 0 Å². The molecule has 1 aromatic rings. The Kier molecular flexibility index (Phi) is 11.0. The van der Waals surface area contributed by atoms with Crippen LogP contribution in [-0.4, -0.2) is 0 Å². The van der Waals surface area contributed by atoms with Crippen molar-refractivity contribution >= 4 is 14.5 Å². The first-order chi connectivity index (χ1) is 6.04. The monoisotopic (exact) mass is 238 g/mol. The van der Waals surface area contributed by atoms with Crippen LogP contribution in [0.2, 0.25) is 0 Å². The van der Waals surface area contributed by atoms with E-state index in [1.54, 1.807) is 0 Å². The third-order valence-electron chi connectivity index (χ3n) is 2.32. The van der Waals surface area contributed by atoms with Crippen LogP contribution in [-0.2, 0) is 0 Å².